The molecule has 0 saturated carbocycles. The summed E-state index contributed by atoms with van der Waals surface area (Å²) in [5, 5.41) is 7.63. The lowest BCUT2D eigenvalue weighted by molar-refractivity contribution is 0.0948. The van der Waals surface area contributed by atoms with Crippen LogP contribution < -0.4 is 10.9 Å². The summed E-state index contributed by atoms with van der Waals surface area (Å²) in [7, 11) is 6.23. The summed E-state index contributed by atoms with van der Waals surface area (Å²) in [6, 6.07) is 8.70. The van der Waals surface area contributed by atoms with Gasteiger partial charge in [0.1, 0.15) is 0 Å². The SMILES string of the molecule is Cc1cc(C)c(CNC(=O)c2cc3cc(-c4ccn(C)n4)cn3c(C(C)N3CCC(N(C)C)CC3)c2C)c(=O)[nH]1. The highest BCUT2D eigenvalue weighted by molar-refractivity contribution is 5.97. The monoisotopic (exact) mass is 543 g/mol. The van der Waals surface area contributed by atoms with E-state index in [0.717, 1.165) is 65.2 Å². The number of hydrogen-bond acceptors (Lipinski definition) is 5. The summed E-state index contributed by atoms with van der Waals surface area (Å²) in [5.74, 6) is -0.181. The maximum absolute atomic E-state index is 13.7. The summed E-state index contributed by atoms with van der Waals surface area (Å²) < 4.78 is 4.03. The fourth-order valence-electron chi connectivity index (χ4n) is 6.16. The molecule has 0 bridgehead atoms. The third-order valence-electron chi connectivity index (χ3n) is 8.54. The molecule has 1 fully saturated rings. The predicted octanol–water partition coefficient (Wildman–Crippen LogP) is 3.97. The standard InChI is InChI=1S/C31H41N7O2/c1-19-14-20(2)33-31(40)27(19)17-32-30(39)26-16-25-15-23(28-10-11-36(7)34-28)18-38(25)29(21(26)3)22(4)37-12-8-24(9-13-37)35(5)6/h10-11,14-16,18,22,24H,8-9,12-13,17H2,1-7H3,(H,32,39)(H,33,40). The Morgan fingerprint density at radius 3 is 2.52 bits per heavy atom. The first kappa shape index (κ1) is 27.9. The van der Waals surface area contributed by atoms with Crippen LogP contribution in [0.3, 0.4) is 0 Å². The van der Waals surface area contributed by atoms with Gasteiger partial charge < -0.3 is 19.6 Å². The molecule has 4 aromatic rings. The second-order valence-corrected chi connectivity index (χ2v) is 11.5. The molecule has 40 heavy (non-hydrogen) atoms. The topological polar surface area (TPSA) is 90.7 Å². The molecular formula is C31H41N7O2. The van der Waals surface area contributed by atoms with Crippen LogP contribution in [0.5, 0.6) is 0 Å². The zero-order valence-corrected chi connectivity index (χ0v) is 24.7. The number of likely N-dealkylation sites (tertiary alicyclic amines) is 1. The van der Waals surface area contributed by atoms with Crippen molar-refractivity contribution in [1.82, 2.24) is 34.3 Å². The fraction of sp³-hybridized carbons (Fsp3) is 0.452. The summed E-state index contributed by atoms with van der Waals surface area (Å²) in [4.78, 5) is 33.9. The van der Waals surface area contributed by atoms with Gasteiger partial charge in [0.05, 0.1) is 5.69 Å². The smallest absolute Gasteiger partial charge is 0.253 e. The molecule has 0 aromatic carbocycles. The van der Waals surface area contributed by atoms with E-state index < -0.39 is 0 Å². The van der Waals surface area contributed by atoms with E-state index in [1.54, 1.807) is 4.68 Å². The van der Waals surface area contributed by atoms with Crippen LogP contribution in [-0.4, -0.2) is 68.1 Å². The first-order valence-corrected chi connectivity index (χ1v) is 14.1. The fourth-order valence-corrected chi connectivity index (χ4v) is 6.16. The van der Waals surface area contributed by atoms with Gasteiger partial charge in [0.15, 0.2) is 0 Å². The van der Waals surface area contributed by atoms with E-state index in [-0.39, 0.29) is 24.1 Å². The van der Waals surface area contributed by atoms with Crippen molar-refractivity contribution in [2.45, 2.75) is 59.2 Å². The lowest BCUT2D eigenvalue weighted by Crippen LogP contribution is -2.43. The van der Waals surface area contributed by atoms with Crippen molar-refractivity contribution >= 4 is 11.4 Å². The molecule has 5 heterocycles. The number of hydrogen-bond donors (Lipinski definition) is 2. The minimum Gasteiger partial charge on any atom is -0.348 e. The van der Waals surface area contributed by atoms with E-state index in [2.05, 4.69) is 62.9 Å². The molecule has 5 rings (SSSR count). The van der Waals surface area contributed by atoms with E-state index in [1.165, 1.54) is 0 Å². The molecule has 9 heteroatoms. The molecule has 212 valence electrons. The van der Waals surface area contributed by atoms with Gasteiger partial charge in [0.2, 0.25) is 0 Å². The van der Waals surface area contributed by atoms with Crippen LogP contribution in [0.1, 0.15) is 64.2 Å². The second-order valence-electron chi connectivity index (χ2n) is 11.5. The number of H-pyrrole nitrogens is 1. The van der Waals surface area contributed by atoms with Crippen LogP contribution in [0.25, 0.3) is 16.8 Å². The van der Waals surface area contributed by atoms with Crippen molar-refractivity contribution in [1.29, 1.82) is 0 Å². The molecule has 1 amide bonds. The maximum atomic E-state index is 13.7. The normalized spacial score (nSPS) is 15.7. The Morgan fingerprint density at radius 2 is 1.90 bits per heavy atom. The average Bonchev–Trinajstić information content (AvgIpc) is 3.53. The Bertz CT molecular complexity index is 1600. The first-order chi connectivity index (χ1) is 19.0. The van der Waals surface area contributed by atoms with Crippen LogP contribution in [0, 0.1) is 20.8 Å². The molecule has 1 aliphatic heterocycles. The van der Waals surface area contributed by atoms with Gasteiger partial charge in [-0.25, -0.2) is 0 Å². The predicted molar refractivity (Wildman–Crippen MR) is 159 cm³/mol. The summed E-state index contributed by atoms with van der Waals surface area (Å²) in [6.45, 7) is 10.2. The summed E-state index contributed by atoms with van der Waals surface area (Å²) in [6.07, 6.45) is 6.32. The van der Waals surface area contributed by atoms with Crippen molar-refractivity contribution in [2.24, 2.45) is 7.05 Å². The van der Waals surface area contributed by atoms with Gasteiger partial charge in [0.25, 0.3) is 11.5 Å². The third-order valence-corrected chi connectivity index (χ3v) is 8.54. The van der Waals surface area contributed by atoms with Crippen molar-refractivity contribution in [2.75, 3.05) is 27.2 Å². The van der Waals surface area contributed by atoms with E-state index in [9.17, 15) is 9.59 Å². The Morgan fingerprint density at radius 1 is 1.18 bits per heavy atom. The molecule has 1 unspecified atom stereocenters. The molecule has 9 nitrogen and oxygen atoms in total. The highest BCUT2D eigenvalue weighted by Gasteiger charge is 2.28. The average molecular weight is 544 g/mol. The lowest BCUT2D eigenvalue weighted by atomic mass is 9.97. The van der Waals surface area contributed by atoms with Crippen molar-refractivity contribution < 1.29 is 4.79 Å². The lowest BCUT2D eigenvalue weighted by Gasteiger charge is -2.39. The van der Waals surface area contributed by atoms with Gasteiger partial charge in [-0.1, -0.05) is 0 Å². The van der Waals surface area contributed by atoms with E-state index in [0.29, 0.717) is 17.2 Å². The molecule has 1 saturated heterocycles. The number of pyridine rings is 2. The van der Waals surface area contributed by atoms with Gasteiger partial charge in [-0.2, -0.15) is 5.10 Å². The molecule has 0 aliphatic carbocycles. The first-order valence-electron chi connectivity index (χ1n) is 14.1. The number of carbonyl (C=O) groups excluding carboxylic acids is 1. The van der Waals surface area contributed by atoms with E-state index in [1.807, 2.05) is 52.2 Å². The molecule has 0 radical (unpaired) electrons. The minimum atomic E-state index is -0.181. The molecule has 1 atom stereocenters. The highest BCUT2D eigenvalue weighted by atomic mass is 16.1. The number of rotatable bonds is 7. The molecule has 1 aliphatic rings. The minimum absolute atomic E-state index is 0.115. The van der Waals surface area contributed by atoms with Crippen LogP contribution in [-0.2, 0) is 13.6 Å². The molecule has 0 spiro atoms. The van der Waals surface area contributed by atoms with Crippen LogP contribution >= 0.6 is 0 Å². The van der Waals surface area contributed by atoms with Crippen LogP contribution in [0.4, 0.5) is 0 Å². The highest BCUT2D eigenvalue weighted by Crippen LogP contribution is 2.33. The summed E-state index contributed by atoms with van der Waals surface area (Å²) >= 11 is 0. The second kappa shape index (κ2) is 11.1. The van der Waals surface area contributed by atoms with E-state index >= 15 is 0 Å². The third kappa shape index (κ3) is 5.36. The van der Waals surface area contributed by atoms with Crippen molar-refractivity contribution in [3.63, 3.8) is 0 Å². The zero-order chi connectivity index (χ0) is 28.7. The Kier molecular flexibility index (Phi) is 7.70. The number of nitrogens with one attached hydrogen (secondary N) is 2. The number of piperidine rings is 1. The number of fused-ring (bicyclic) bond motifs is 1. The van der Waals surface area contributed by atoms with Gasteiger partial charge in [-0.15, -0.1) is 0 Å². The zero-order valence-electron chi connectivity index (χ0n) is 24.7. The Labute approximate surface area is 235 Å². The van der Waals surface area contributed by atoms with Gasteiger partial charge in [0, 0.05) is 84.8 Å². The Balaban J connectivity index is 1.52. The number of carbonyl (C=O) groups is 1. The van der Waals surface area contributed by atoms with Crippen molar-refractivity contribution in [3.05, 3.63) is 80.7 Å². The summed E-state index contributed by atoms with van der Waals surface area (Å²) in [5.41, 5.74) is 7.65. The van der Waals surface area contributed by atoms with Crippen LogP contribution in [0.15, 0.2) is 41.5 Å². The molecular weight excluding hydrogens is 502 g/mol. The number of aromatic nitrogens is 4. The van der Waals surface area contributed by atoms with E-state index in [4.69, 9.17) is 0 Å². The maximum Gasteiger partial charge on any atom is 0.253 e. The van der Waals surface area contributed by atoms with Crippen LogP contribution in [0.2, 0.25) is 0 Å². The van der Waals surface area contributed by atoms with Gasteiger partial charge in [-0.05, 0) is 90.0 Å². The molecule has 2 N–H and O–H groups in total. The Hall–Kier alpha value is -3.69. The number of aryl methyl sites for hydroxylation is 3. The quantitative estimate of drug-likeness (QED) is 0.368. The number of aromatic amines is 1. The van der Waals surface area contributed by atoms with Gasteiger partial charge in [-0.3, -0.25) is 19.2 Å². The largest absolute Gasteiger partial charge is 0.348 e. The molecule has 4 aromatic heterocycles. The van der Waals surface area contributed by atoms with Crippen molar-refractivity contribution in [3.8, 4) is 11.3 Å². The number of nitrogens with zero attached hydrogens (tertiary/aromatic N) is 5. The number of amides is 1. The van der Waals surface area contributed by atoms with Gasteiger partial charge >= 0.3 is 0 Å².